The van der Waals surface area contributed by atoms with Crippen LogP contribution in [-0.4, -0.2) is 53.3 Å². The second-order valence-electron chi connectivity index (χ2n) is 7.26. The fourth-order valence-corrected chi connectivity index (χ4v) is 3.59. The van der Waals surface area contributed by atoms with E-state index in [0.717, 1.165) is 26.1 Å². The minimum absolute atomic E-state index is 0.0716. The Balaban J connectivity index is 1.97. The molecule has 0 unspecified atom stereocenters. The first-order valence-electron chi connectivity index (χ1n) is 9.76. The zero-order chi connectivity index (χ0) is 20.4. The van der Waals surface area contributed by atoms with E-state index in [9.17, 15) is 14.9 Å². The lowest BCUT2D eigenvalue weighted by atomic mass is 9.74. The number of rotatable bonds is 12. The Labute approximate surface area is 165 Å². The lowest BCUT2D eigenvalue weighted by Crippen LogP contribution is -2.26. The van der Waals surface area contributed by atoms with E-state index in [4.69, 9.17) is 14.9 Å². The Bertz CT molecular complexity index is 672. The summed E-state index contributed by atoms with van der Waals surface area (Å²) in [5.74, 6) is -1.32. The summed E-state index contributed by atoms with van der Waals surface area (Å²) in [6.07, 6.45) is 3.24. The highest BCUT2D eigenvalue weighted by Gasteiger charge is 2.33. The van der Waals surface area contributed by atoms with Gasteiger partial charge in [0.25, 0.3) is 0 Å². The van der Waals surface area contributed by atoms with Crippen molar-refractivity contribution in [3.63, 3.8) is 0 Å². The molecule has 7 nitrogen and oxygen atoms in total. The molecule has 1 heterocycles. The topological polar surface area (TPSA) is 111 Å². The normalized spacial score (nSPS) is 14.5. The van der Waals surface area contributed by atoms with Gasteiger partial charge in [0.05, 0.1) is 18.1 Å². The van der Waals surface area contributed by atoms with E-state index in [2.05, 4.69) is 11.0 Å². The zero-order valence-corrected chi connectivity index (χ0v) is 16.1. The van der Waals surface area contributed by atoms with Crippen LogP contribution in [0, 0.1) is 11.3 Å². The van der Waals surface area contributed by atoms with E-state index in [1.807, 2.05) is 0 Å². The maximum atomic E-state index is 11.0. The first-order valence-corrected chi connectivity index (χ1v) is 9.76. The van der Waals surface area contributed by atoms with Gasteiger partial charge in [0.15, 0.2) is 0 Å². The summed E-state index contributed by atoms with van der Waals surface area (Å²) in [5, 5.41) is 27.7. The van der Waals surface area contributed by atoms with E-state index in [0.29, 0.717) is 17.9 Å². The van der Waals surface area contributed by atoms with Crippen molar-refractivity contribution in [3.8, 4) is 11.8 Å². The second kappa shape index (κ2) is 10.7. The third-order valence-corrected chi connectivity index (χ3v) is 5.24. The van der Waals surface area contributed by atoms with Gasteiger partial charge < -0.3 is 19.8 Å². The summed E-state index contributed by atoms with van der Waals surface area (Å²) >= 11 is 0. The van der Waals surface area contributed by atoms with Gasteiger partial charge >= 0.3 is 11.9 Å². The molecule has 0 spiro atoms. The molecule has 0 atom stereocenters. The molecule has 1 aliphatic heterocycles. The lowest BCUT2D eigenvalue weighted by molar-refractivity contribution is -0.137. The average Bonchev–Trinajstić information content (AvgIpc) is 3.20. The van der Waals surface area contributed by atoms with Crippen LogP contribution in [0.4, 0.5) is 0 Å². The Morgan fingerprint density at radius 2 is 1.64 bits per heavy atom. The van der Waals surface area contributed by atoms with Crippen LogP contribution in [0.5, 0.6) is 5.75 Å². The number of nitriles is 1. The summed E-state index contributed by atoms with van der Waals surface area (Å²) in [6, 6.07) is 9.18. The van der Waals surface area contributed by atoms with Crippen molar-refractivity contribution in [1.29, 1.82) is 5.26 Å². The second-order valence-corrected chi connectivity index (χ2v) is 7.26. The van der Waals surface area contributed by atoms with Crippen molar-refractivity contribution in [2.45, 2.75) is 50.4 Å². The molecule has 0 amide bonds. The molecule has 0 radical (unpaired) electrons. The molecular formula is C21H28N2O5. The number of carboxylic acids is 2. The smallest absolute Gasteiger partial charge is 0.303 e. The van der Waals surface area contributed by atoms with Crippen molar-refractivity contribution >= 4 is 11.9 Å². The highest BCUT2D eigenvalue weighted by Crippen LogP contribution is 2.35. The molecule has 0 aromatic heterocycles. The molecule has 1 aromatic rings. The van der Waals surface area contributed by atoms with Crippen LogP contribution in [0.15, 0.2) is 24.3 Å². The molecule has 2 rings (SSSR count). The van der Waals surface area contributed by atoms with Gasteiger partial charge in [-0.25, -0.2) is 0 Å². The molecule has 1 aliphatic rings. The van der Waals surface area contributed by atoms with E-state index in [-0.39, 0.29) is 25.7 Å². The first kappa shape index (κ1) is 21.7. The standard InChI is InChI=1S/C21H28N2O5/c22-16-21(10-8-19(24)25,11-9-20(26)27)17-4-6-18(7-5-17)28-15-3-14-23-12-1-2-13-23/h4-7H,1-3,8-15H2,(H,24,25)(H,26,27). The van der Waals surface area contributed by atoms with E-state index in [1.165, 1.54) is 12.8 Å². The number of likely N-dealkylation sites (tertiary alicyclic amines) is 1. The summed E-state index contributed by atoms with van der Waals surface area (Å²) in [7, 11) is 0. The number of carboxylic acid groups (broad SMARTS) is 2. The molecule has 152 valence electrons. The van der Waals surface area contributed by atoms with Gasteiger partial charge in [0.2, 0.25) is 0 Å². The lowest BCUT2D eigenvalue weighted by Gasteiger charge is -2.26. The van der Waals surface area contributed by atoms with Crippen molar-refractivity contribution in [2.24, 2.45) is 0 Å². The van der Waals surface area contributed by atoms with Gasteiger partial charge in [0, 0.05) is 19.4 Å². The van der Waals surface area contributed by atoms with Crippen LogP contribution < -0.4 is 4.74 Å². The number of ether oxygens (including phenoxy) is 1. The highest BCUT2D eigenvalue weighted by atomic mass is 16.5. The van der Waals surface area contributed by atoms with E-state index >= 15 is 0 Å². The monoisotopic (exact) mass is 388 g/mol. The van der Waals surface area contributed by atoms with Crippen molar-refractivity contribution < 1.29 is 24.5 Å². The molecule has 0 saturated carbocycles. The van der Waals surface area contributed by atoms with Gasteiger partial charge in [-0.1, -0.05) is 12.1 Å². The van der Waals surface area contributed by atoms with Crippen molar-refractivity contribution in [3.05, 3.63) is 29.8 Å². The Hall–Kier alpha value is -2.59. The molecule has 0 aliphatic carbocycles. The van der Waals surface area contributed by atoms with Crippen molar-refractivity contribution in [2.75, 3.05) is 26.2 Å². The zero-order valence-electron chi connectivity index (χ0n) is 16.1. The molecule has 28 heavy (non-hydrogen) atoms. The highest BCUT2D eigenvalue weighted by molar-refractivity contribution is 5.68. The van der Waals surface area contributed by atoms with Crippen LogP contribution in [-0.2, 0) is 15.0 Å². The molecule has 1 saturated heterocycles. The molecule has 1 aromatic carbocycles. The number of benzene rings is 1. The van der Waals surface area contributed by atoms with Crippen LogP contribution in [0.2, 0.25) is 0 Å². The third kappa shape index (κ3) is 6.54. The van der Waals surface area contributed by atoms with Crippen LogP contribution in [0.25, 0.3) is 0 Å². The molecular weight excluding hydrogens is 360 g/mol. The fourth-order valence-electron chi connectivity index (χ4n) is 3.59. The van der Waals surface area contributed by atoms with Gasteiger partial charge in [-0.3, -0.25) is 9.59 Å². The first-order chi connectivity index (χ1) is 13.4. The number of aliphatic carboxylic acids is 2. The summed E-state index contributed by atoms with van der Waals surface area (Å²) in [4.78, 5) is 24.4. The number of hydrogen-bond donors (Lipinski definition) is 2. The summed E-state index contributed by atoms with van der Waals surface area (Å²) in [5.41, 5.74) is -0.507. The van der Waals surface area contributed by atoms with Crippen LogP contribution >= 0.6 is 0 Å². The predicted octanol–water partition coefficient (Wildman–Crippen LogP) is 3.04. The summed E-state index contributed by atoms with van der Waals surface area (Å²) < 4.78 is 5.77. The quantitative estimate of drug-likeness (QED) is 0.529. The van der Waals surface area contributed by atoms with Gasteiger partial charge in [-0.15, -0.1) is 0 Å². The molecule has 0 bridgehead atoms. The van der Waals surface area contributed by atoms with Crippen LogP contribution in [0.1, 0.15) is 50.5 Å². The minimum Gasteiger partial charge on any atom is -0.494 e. The molecule has 2 N–H and O–H groups in total. The largest absolute Gasteiger partial charge is 0.494 e. The molecule has 1 fully saturated rings. The van der Waals surface area contributed by atoms with Crippen LogP contribution in [0.3, 0.4) is 0 Å². The molecule has 7 heteroatoms. The number of carbonyl (C=O) groups is 2. The van der Waals surface area contributed by atoms with Crippen molar-refractivity contribution in [1.82, 2.24) is 4.90 Å². The predicted molar refractivity (Wildman–Crippen MR) is 103 cm³/mol. The minimum atomic E-state index is -1.13. The Kier molecular flexibility index (Phi) is 8.27. The summed E-state index contributed by atoms with van der Waals surface area (Å²) in [6.45, 7) is 3.96. The Morgan fingerprint density at radius 1 is 1.07 bits per heavy atom. The Morgan fingerprint density at radius 3 is 2.14 bits per heavy atom. The SMILES string of the molecule is N#CC(CCC(=O)O)(CCC(=O)O)c1ccc(OCCCN2CCCC2)cc1. The maximum absolute atomic E-state index is 11.0. The van der Waals surface area contributed by atoms with E-state index in [1.54, 1.807) is 24.3 Å². The number of hydrogen-bond acceptors (Lipinski definition) is 5. The van der Waals surface area contributed by atoms with Gasteiger partial charge in [-0.2, -0.15) is 5.26 Å². The van der Waals surface area contributed by atoms with E-state index < -0.39 is 17.4 Å². The number of nitrogens with zero attached hydrogens (tertiary/aromatic N) is 2. The maximum Gasteiger partial charge on any atom is 0.303 e. The fraction of sp³-hybridized carbons (Fsp3) is 0.571. The van der Waals surface area contributed by atoms with Gasteiger partial charge in [0.1, 0.15) is 5.75 Å². The van der Waals surface area contributed by atoms with Gasteiger partial charge in [-0.05, 0) is 62.9 Å². The average molecular weight is 388 g/mol. The third-order valence-electron chi connectivity index (χ3n) is 5.24.